The van der Waals surface area contributed by atoms with Crippen molar-refractivity contribution in [3.8, 4) is 0 Å². The smallest absolute Gasteiger partial charge is 0.303 e. The van der Waals surface area contributed by atoms with Crippen LogP contribution in [0.4, 0.5) is 0 Å². The zero-order chi connectivity index (χ0) is 13.7. The highest BCUT2D eigenvalue weighted by Gasteiger charge is 2.25. The minimum atomic E-state index is -0.882. The van der Waals surface area contributed by atoms with Gasteiger partial charge in [-0.3, -0.25) is 4.79 Å². The minimum absolute atomic E-state index is 0.413. The SMILES string of the molecule is CC(=O)O[C@H](c1ccccc1)[C@@H](O)c1ccccc1. The topological polar surface area (TPSA) is 46.5 Å². The van der Waals surface area contributed by atoms with Gasteiger partial charge >= 0.3 is 5.97 Å². The van der Waals surface area contributed by atoms with E-state index in [-0.39, 0.29) is 0 Å². The Hall–Kier alpha value is -2.13. The Morgan fingerprint density at radius 3 is 1.89 bits per heavy atom. The van der Waals surface area contributed by atoms with Crippen molar-refractivity contribution in [3.05, 3.63) is 71.8 Å². The number of hydrogen-bond donors (Lipinski definition) is 1. The fourth-order valence-corrected chi connectivity index (χ4v) is 1.96. The average Bonchev–Trinajstić information content (AvgIpc) is 2.46. The summed E-state index contributed by atoms with van der Waals surface area (Å²) in [6.45, 7) is 1.34. The number of rotatable bonds is 4. The number of carbonyl (C=O) groups is 1. The van der Waals surface area contributed by atoms with E-state index in [2.05, 4.69) is 0 Å². The molecule has 0 saturated carbocycles. The summed E-state index contributed by atoms with van der Waals surface area (Å²) in [5.74, 6) is -0.413. The average molecular weight is 256 g/mol. The zero-order valence-electron chi connectivity index (χ0n) is 10.7. The van der Waals surface area contributed by atoms with Gasteiger partial charge < -0.3 is 9.84 Å². The molecule has 0 fully saturated rings. The van der Waals surface area contributed by atoms with E-state index in [9.17, 15) is 9.90 Å². The molecule has 3 nitrogen and oxygen atoms in total. The van der Waals surface area contributed by atoms with Crippen molar-refractivity contribution in [1.82, 2.24) is 0 Å². The lowest BCUT2D eigenvalue weighted by Crippen LogP contribution is -2.17. The van der Waals surface area contributed by atoms with Gasteiger partial charge in [-0.05, 0) is 11.1 Å². The van der Waals surface area contributed by atoms with Crippen LogP contribution in [0.1, 0.15) is 30.3 Å². The highest BCUT2D eigenvalue weighted by molar-refractivity contribution is 5.66. The van der Waals surface area contributed by atoms with Gasteiger partial charge in [-0.2, -0.15) is 0 Å². The number of carbonyl (C=O) groups excluding carboxylic acids is 1. The first-order valence-electron chi connectivity index (χ1n) is 6.13. The molecule has 0 aliphatic rings. The van der Waals surface area contributed by atoms with Gasteiger partial charge in [0.15, 0.2) is 6.10 Å². The van der Waals surface area contributed by atoms with Crippen LogP contribution in [0.25, 0.3) is 0 Å². The van der Waals surface area contributed by atoms with Crippen LogP contribution in [0.5, 0.6) is 0 Å². The van der Waals surface area contributed by atoms with Crippen LogP contribution < -0.4 is 0 Å². The Labute approximate surface area is 112 Å². The van der Waals surface area contributed by atoms with Crippen LogP contribution in [0.3, 0.4) is 0 Å². The number of aliphatic hydroxyl groups excluding tert-OH is 1. The van der Waals surface area contributed by atoms with Crippen LogP contribution >= 0.6 is 0 Å². The summed E-state index contributed by atoms with van der Waals surface area (Å²) >= 11 is 0. The second kappa shape index (κ2) is 6.16. The van der Waals surface area contributed by atoms with Crippen molar-refractivity contribution in [3.63, 3.8) is 0 Å². The molecule has 2 rings (SSSR count). The first-order valence-corrected chi connectivity index (χ1v) is 6.13. The molecule has 0 amide bonds. The molecule has 0 unspecified atom stereocenters. The van der Waals surface area contributed by atoms with Crippen LogP contribution in [0.2, 0.25) is 0 Å². The maximum Gasteiger partial charge on any atom is 0.303 e. The molecule has 2 atom stereocenters. The van der Waals surface area contributed by atoms with Crippen LogP contribution in [-0.4, -0.2) is 11.1 Å². The lowest BCUT2D eigenvalue weighted by molar-refractivity contribution is -0.153. The molecule has 0 radical (unpaired) electrons. The quantitative estimate of drug-likeness (QED) is 0.855. The van der Waals surface area contributed by atoms with E-state index in [1.54, 1.807) is 0 Å². The molecular weight excluding hydrogens is 240 g/mol. The van der Waals surface area contributed by atoms with Gasteiger partial charge in [-0.25, -0.2) is 0 Å². The second-order valence-electron chi connectivity index (χ2n) is 4.30. The Morgan fingerprint density at radius 1 is 0.947 bits per heavy atom. The van der Waals surface area contributed by atoms with Crippen molar-refractivity contribution in [2.45, 2.75) is 19.1 Å². The van der Waals surface area contributed by atoms with Gasteiger partial charge in [0, 0.05) is 6.92 Å². The van der Waals surface area contributed by atoms with Gasteiger partial charge in [0.05, 0.1) is 0 Å². The van der Waals surface area contributed by atoms with Crippen molar-refractivity contribution >= 4 is 5.97 Å². The van der Waals surface area contributed by atoms with Gasteiger partial charge in [0.25, 0.3) is 0 Å². The van der Waals surface area contributed by atoms with E-state index in [1.165, 1.54) is 6.92 Å². The van der Waals surface area contributed by atoms with Crippen LogP contribution in [0.15, 0.2) is 60.7 Å². The highest BCUT2D eigenvalue weighted by atomic mass is 16.6. The van der Waals surface area contributed by atoms with Crippen LogP contribution in [0, 0.1) is 0 Å². The first-order chi connectivity index (χ1) is 9.18. The molecule has 1 N–H and O–H groups in total. The summed E-state index contributed by atoms with van der Waals surface area (Å²) in [6, 6.07) is 18.4. The largest absolute Gasteiger partial charge is 0.455 e. The second-order valence-corrected chi connectivity index (χ2v) is 4.30. The lowest BCUT2D eigenvalue weighted by atomic mass is 9.98. The number of ether oxygens (including phenoxy) is 1. The molecule has 0 aromatic heterocycles. The van der Waals surface area contributed by atoms with Crippen molar-refractivity contribution in [1.29, 1.82) is 0 Å². The number of esters is 1. The van der Waals surface area contributed by atoms with Gasteiger partial charge in [0.1, 0.15) is 6.10 Å². The Morgan fingerprint density at radius 2 is 1.42 bits per heavy atom. The third-order valence-electron chi connectivity index (χ3n) is 2.85. The molecule has 0 bridgehead atoms. The van der Waals surface area contributed by atoms with E-state index in [4.69, 9.17) is 4.74 Å². The maximum atomic E-state index is 11.2. The van der Waals surface area contributed by atoms with E-state index >= 15 is 0 Å². The molecule has 0 heterocycles. The Kier molecular flexibility index (Phi) is 4.31. The maximum absolute atomic E-state index is 11.2. The lowest BCUT2D eigenvalue weighted by Gasteiger charge is -2.23. The molecule has 0 aliphatic heterocycles. The van der Waals surface area contributed by atoms with E-state index in [1.807, 2.05) is 60.7 Å². The number of hydrogen-bond acceptors (Lipinski definition) is 3. The molecule has 2 aromatic rings. The molecular formula is C16H16O3. The number of benzene rings is 2. The summed E-state index contributed by atoms with van der Waals surface area (Å²) in [7, 11) is 0. The predicted molar refractivity (Wildman–Crippen MR) is 72.4 cm³/mol. The minimum Gasteiger partial charge on any atom is -0.455 e. The third-order valence-corrected chi connectivity index (χ3v) is 2.85. The van der Waals surface area contributed by atoms with Crippen molar-refractivity contribution in [2.24, 2.45) is 0 Å². The highest BCUT2D eigenvalue weighted by Crippen LogP contribution is 2.31. The molecule has 0 aliphatic carbocycles. The van der Waals surface area contributed by atoms with Gasteiger partial charge in [-0.15, -0.1) is 0 Å². The zero-order valence-corrected chi connectivity index (χ0v) is 10.7. The molecule has 98 valence electrons. The first kappa shape index (κ1) is 13.3. The Bertz CT molecular complexity index is 522. The molecule has 0 saturated heterocycles. The monoisotopic (exact) mass is 256 g/mol. The summed E-state index contributed by atoms with van der Waals surface area (Å²) in [5.41, 5.74) is 1.49. The molecule has 19 heavy (non-hydrogen) atoms. The van der Waals surface area contributed by atoms with Crippen molar-refractivity contribution < 1.29 is 14.6 Å². The van der Waals surface area contributed by atoms with Crippen molar-refractivity contribution in [2.75, 3.05) is 0 Å². The van der Waals surface area contributed by atoms with Gasteiger partial charge in [0.2, 0.25) is 0 Å². The molecule has 2 aromatic carbocycles. The van der Waals surface area contributed by atoms with E-state index in [0.717, 1.165) is 11.1 Å². The van der Waals surface area contributed by atoms with E-state index < -0.39 is 18.2 Å². The summed E-state index contributed by atoms with van der Waals surface area (Å²) in [6.07, 6.45) is -1.58. The van der Waals surface area contributed by atoms with Gasteiger partial charge in [-0.1, -0.05) is 60.7 Å². The summed E-state index contributed by atoms with van der Waals surface area (Å²) in [5, 5.41) is 10.4. The predicted octanol–water partition coefficient (Wildman–Crippen LogP) is 3.02. The number of aliphatic hydroxyl groups is 1. The fraction of sp³-hybridized carbons (Fsp3) is 0.188. The normalized spacial score (nSPS) is 13.6. The summed E-state index contributed by atoms with van der Waals surface area (Å²) < 4.78 is 5.26. The third kappa shape index (κ3) is 3.42. The summed E-state index contributed by atoms with van der Waals surface area (Å²) in [4.78, 5) is 11.2. The van der Waals surface area contributed by atoms with Crippen LogP contribution in [-0.2, 0) is 9.53 Å². The standard InChI is InChI=1S/C16H16O3/c1-12(17)19-16(14-10-6-3-7-11-14)15(18)13-8-4-2-5-9-13/h2-11,15-16,18H,1H3/t15-,16+/m0/s1. The van der Waals surface area contributed by atoms with E-state index in [0.29, 0.717) is 0 Å². The Balaban J connectivity index is 2.30. The fourth-order valence-electron chi connectivity index (χ4n) is 1.96. The molecule has 3 heteroatoms. The molecule has 0 spiro atoms.